The second-order valence-corrected chi connectivity index (χ2v) is 17.0. The number of rotatable bonds is 18. The number of carbonyl (C=O) groups excluding carboxylic acids is 1. The normalized spacial score (nSPS) is 19.5. The van der Waals surface area contributed by atoms with Crippen molar-refractivity contribution in [2.75, 3.05) is 32.8 Å². The average Bonchev–Trinajstić information content (AvgIpc) is 3.60. The Labute approximate surface area is 346 Å². The zero-order valence-electron chi connectivity index (χ0n) is 34.1. The van der Waals surface area contributed by atoms with Gasteiger partial charge in [-0.15, -0.1) is 0 Å². The summed E-state index contributed by atoms with van der Waals surface area (Å²) in [6, 6.07) is 16.4. The zero-order valence-corrected chi connectivity index (χ0v) is 34.8. The van der Waals surface area contributed by atoms with Crippen LogP contribution in [-0.4, -0.2) is 82.7 Å². The summed E-state index contributed by atoms with van der Waals surface area (Å²) >= 11 is 6.97. The van der Waals surface area contributed by atoms with Crippen molar-refractivity contribution in [3.63, 3.8) is 0 Å². The number of β-amino-alcohol motifs (C(OH)–C–C–N with tert-alkyl or cyclic N) is 1. The van der Waals surface area contributed by atoms with E-state index >= 15 is 0 Å². The fraction of sp³-hybridized carbons (Fsp3) is 0.467. The van der Waals surface area contributed by atoms with E-state index in [-0.39, 0.29) is 31.2 Å². The number of nitrogens with zero attached hydrogens (tertiary/aromatic N) is 3. The van der Waals surface area contributed by atoms with Gasteiger partial charge in [-0.1, -0.05) is 80.4 Å². The van der Waals surface area contributed by atoms with Crippen molar-refractivity contribution in [3.8, 4) is 17.6 Å². The Bertz CT molecular complexity index is 1990. The van der Waals surface area contributed by atoms with Crippen LogP contribution in [-0.2, 0) is 22.7 Å². The van der Waals surface area contributed by atoms with Crippen LogP contribution >= 0.6 is 11.6 Å². The highest BCUT2D eigenvalue weighted by Gasteiger charge is 2.47. The minimum atomic E-state index is -1.17. The van der Waals surface area contributed by atoms with Gasteiger partial charge in [0.25, 0.3) is 0 Å². The molecule has 3 atom stereocenters. The number of allylic oxidation sites excluding steroid dienone is 3. The van der Waals surface area contributed by atoms with E-state index in [1.54, 1.807) is 45.2 Å². The molecular weight excluding hydrogens is 758 g/mol. The SMILES string of the molecule is CC(C)(C)OC(=O)NCC(NCc1cc(Cl)c(OCC2(CCCCN3CC[C@@H](O)C3)C=CC=C(c3ccccc3)C2(C)C)cc1OCc1cncc(C#N)c1)C(=O)O. The molecule has 2 aromatic carbocycles. The molecule has 58 heavy (non-hydrogen) atoms. The molecule has 2 heterocycles. The Morgan fingerprint density at radius 1 is 1.10 bits per heavy atom. The van der Waals surface area contributed by atoms with Gasteiger partial charge in [-0.2, -0.15) is 5.26 Å². The van der Waals surface area contributed by atoms with Crippen molar-refractivity contribution in [3.05, 3.63) is 106 Å². The molecule has 12 nitrogen and oxygen atoms in total. The fourth-order valence-corrected chi connectivity index (χ4v) is 7.75. The summed E-state index contributed by atoms with van der Waals surface area (Å²) in [4.78, 5) is 31.0. The van der Waals surface area contributed by atoms with E-state index < -0.39 is 29.1 Å². The summed E-state index contributed by atoms with van der Waals surface area (Å²) in [5.74, 6) is -0.376. The molecule has 1 aliphatic carbocycles. The first-order valence-electron chi connectivity index (χ1n) is 19.8. The minimum Gasteiger partial charge on any atom is -0.491 e. The van der Waals surface area contributed by atoms with E-state index in [1.807, 2.05) is 18.2 Å². The molecule has 2 aliphatic rings. The van der Waals surface area contributed by atoms with Crippen LogP contribution in [0.4, 0.5) is 4.79 Å². The van der Waals surface area contributed by atoms with Crippen LogP contribution in [0.2, 0.25) is 5.02 Å². The maximum Gasteiger partial charge on any atom is 0.407 e. The van der Waals surface area contributed by atoms with Crippen LogP contribution in [0.15, 0.2) is 79.2 Å². The second-order valence-electron chi connectivity index (χ2n) is 16.6. The molecule has 310 valence electrons. The first-order valence-corrected chi connectivity index (χ1v) is 20.2. The lowest BCUT2D eigenvalue weighted by Gasteiger charge is -2.48. The number of aromatic nitrogens is 1. The number of nitrogens with one attached hydrogen (secondary N) is 2. The highest BCUT2D eigenvalue weighted by molar-refractivity contribution is 6.32. The Hall–Kier alpha value is -4.93. The Kier molecular flexibility index (Phi) is 15.0. The lowest BCUT2D eigenvalue weighted by atomic mass is 9.57. The number of aliphatic carboxylic acids is 1. The Balaban J connectivity index is 1.40. The van der Waals surface area contributed by atoms with E-state index in [0.717, 1.165) is 50.9 Å². The number of hydrogen-bond donors (Lipinski definition) is 4. The van der Waals surface area contributed by atoms with Crippen LogP contribution in [0.1, 0.15) is 82.6 Å². The van der Waals surface area contributed by atoms with Gasteiger partial charge in [0.2, 0.25) is 0 Å². The van der Waals surface area contributed by atoms with Crippen molar-refractivity contribution in [1.82, 2.24) is 20.5 Å². The molecule has 5 rings (SSSR count). The van der Waals surface area contributed by atoms with E-state index in [2.05, 4.69) is 70.8 Å². The van der Waals surface area contributed by atoms with Crippen LogP contribution in [0.25, 0.3) is 5.57 Å². The number of aliphatic hydroxyl groups excluding tert-OH is 1. The molecule has 1 saturated heterocycles. The quantitative estimate of drug-likeness (QED) is 0.0938. The topological polar surface area (TPSA) is 166 Å². The van der Waals surface area contributed by atoms with Crippen molar-refractivity contribution < 1.29 is 34.0 Å². The van der Waals surface area contributed by atoms with Gasteiger partial charge in [-0.05, 0) is 69.8 Å². The van der Waals surface area contributed by atoms with Gasteiger partial charge in [0.05, 0.1) is 23.3 Å². The number of halogens is 1. The second kappa shape index (κ2) is 19.7. The molecule has 0 bridgehead atoms. The van der Waals surface area contributed by atoms with Gasteiger partial charge in [0.15, 0.2) is 0 Å². The summed E-state index contributed by atoms with van der Waals surface area (Å²) in [5.41, 5.74) is 2.45. The molecular formula is C45H56ClN5O7. The van der Waals surface area contributed by atoms with Crippen LogP contribution < -0.4 is 20.1 Å². The van der Waals surface area contributed by atoms with E-state index in [9.17, 15) is 25.1 Å². The summed E-state index contributed by atoms with van der Waals surface area (Å²) in [6.07, 6.45) is 12.3. The van der Waals surface area contributed by atoms with Crippen LogP contribution in [0, 0.1) is 22.2 Å². The predicted octanol–water partition coefficient (Wildman–Crippen LogP) is 7.53. The summed E-state index contributed by atoms with van der Waals surface area (Å²) < 4.78 is 18.3. The molecule has 13 heteroatoms. The molecule has 1 fully saturated rings. The largest absolute Gasteiger partial charge is 0.491 e. The highest BCUT2D eigenvalue weighted by atomic mass is 35.5. The molecule has 2 unspecified atom stereocenters. The van der Waals surface area contributed by atoms with Gasteiger partial charge in [-0.3, -0.25) is 15.1 Å². The smallest absolute Gasteiger partial charge is 0.407 e. The summed E-state index contributed by atoms with van der Waals surface area (Å²) in [6.45, 7) is 12.4. The molecule has 0 radical (unpaired) electrons. The predicted molar refractivity (Wildman–Crippen MR) is 223 cm³/mol. The van der Waals surface area contributed by atoms with E-state index in [4.69, 9.17) is 25.8 Å². The molecule has 3 aromatic rings. The first-order chi connectivity index (χ1) is 27.6. The number of likely N-dealkylation sites (tertiary alicyclic amines) is 1. The first kappa shape index (κ1) is 44.2. The number of benzene rings is 2. The van der Waals surface area contributed by atoms with E-state index in [0.29, 0.717) is 39.8 Å². The number of amides is 1. The fourth-order valence-electron chi connectivity index (χ4n) is 7.51. The monoisotopic (exact) mass is 813 g/mol. The Morgan fingerprint density at radius 2 is 1.88 bits per heavy atom. The number of nitriles is 1. The number of alkyl carbamates (subject to hydrolysis) is 1. The lowest BCUT2D eigenvalue weighted by molar-refractivity contribution is -0.139. The number of carboxylic acids is 1. The third-order valence-corrected chi connectivity index (χ3v) is 11.2. The molecule has 1 aromatic heterocycles. The van der Waals surface area contributed by atoms with E-state index in [1.165, 1.54) is 11.8 Å². The number of unbranched alkanes of at least 4 members (excludes halogenated alkanes) is 1. The zero-order chi connectivity index (χ0) is 41.9. The highest BCUT2D eigenvalue weighted by Crippen LogP contribution is 2.55. The number of pyridine rings is 1. The van der Waals surface area contributed by atoms with Gasteiger partial charge in [-0.25, -0.2) is 4.79 Å². The molecule has 4 N–H and O–H groups in total. The number of hydrogen-bond acceptors (Lipinski definition) is 10. The van der Waals surface area contributed by atoms with Crippen molar-refractivity contribution in [2.24, 2.45) is 10.8 Å². The third kappa shape index (κ3) is 11.8. The van der Waals surface area contributed by atoms with Gasteiger partial charge >= 0.3 is 12.1 Å². The minimum absolute atomic E-state index is 0.0256. The maximum absolute atomic E-state index is 12.3. The molecule has 0 saturated carbocycles. The molecule has 1 amide bonds. The number of aliphatic hydroxyl groups is 1. The average molecular weight is 814 g/mol. The standard InChI is InChI=1S/C45H56ClN5O7/c1-43(2,3)58-42(55)50-27-38(41(53)54)49-26-34-21-37(46)40(22-39(34)56-29-32-20-31(23-47)24-48-25-32)57-30-45(16-9-10-18-51-19-15-35(52)28-51)17-11-14-36(44(45,4)5)33-12-7-6-8-13-33/h6-8,11-14,17,20-22,24-25,35,38,49,52H,9-10,15-16,18-19,26-30H2,1-5H3,(H,50,55)(H,53,54)/t35-,38?,45?/m1/s1. The lowest BCUT2D eigenvalue weighted by Crippen LogP contribution is -2.46. The van der Waals surface area contributed by atoms with Crippen molar-refractivity contribution >= 4 is 29.2 Å². The maximum atomic E-state index is 12.3. The Morgan fingerprint density at radius 3 is 2.57 bits per heavy atom. The molecule has 1 aliphatic heterocycles. The molecule has 0 spiro atoms. The van der Waals surface area contributed by atoms with Crippen LogP contribution in [0.5, 0.6) is 11.5 Å². The number of ether oxygens (including phenoxy) is 3. The van der Waals surface area contributed by atoms with Crippen molar-refractivity contribution in [2.45, 2.75) is 91.2 Å². The summed E-state index contributed by atoms with van der Waals surface area (Å²) in [7, 11) is 0. The third-order valence-electron chi connectivity index (χ3n) is 10.9. The number of carboxylic acid groups (broad SMARTS) is 1. The van der Waals surface area contributed by atoms with Gasteiger partial charge in [0.1, 0.15) is 35.8 Å². The summed E-state index contributed by atoms with van der Waals surface area (Å²) in [5, 5.41) is 35.3. The van der Waals surface area contributed by atoms with Gasteiger partial charge < -0.3 is 34.6 Å². The van der Waals surface area contributed by atoms with Gasteiger partial charge in [0, 0.05) is 66.6 Å². The number of carbonyl (C=O) groups is 2. The van der Waals surface area contributed by atoms with Crippen LogP contribution in [0.3, 0.4) is 0 Å². The van der Waals surface area contributed by atoms with Crippen molar-refractivity contribution in [1.29, 1.82) is 5.26 Å².